The van der Waals surface area contributed by atoms with Crippen LogP contribution >= 0.6 is 0 Å². The van der Waals surface area contributed by atoms with Gasteiger partial charge in [0.25, 0.3) is 5.91 Å². The Kier molecular flexibility index (Phi) is 7.71. The second kappa shape index (κ2) is 11.5. The summed E-state index contributed by atoms with van der Waals surface area (Å²) >= 11 is 0. The van der Waals surface area contributed by atoms with E-state index < -0.39 is 0 Å². The van der Waals surface area contributed by atoms with Crippen molar-refractivity contribution in [1.29, 1.82) is 5.26 Å². The van der Waals surface area contributed by atoms with E-state index in [1.165, 1.54) is 5.56 Å². The largest absolute Gasteiger partial charge is 0.488 e. The Labute approximate surface area is 200 Å². The highest BCUT2D eigenvalue weighted by Gasteiger charge is 2.11. The molecule has 1 amide bonds. The molecule has 0 radical (unpaired) electrons. The van der Waals surface area contributed by atoms with Crippen LogP contribution in [-0.4, -0.2) is 12.5 Å². The van der Waals surface area contributed by atoms with Gasteiger partial charge in [-0.25, -0.2) is 0 Å². The Morgan fingerprint density at radius 2 is 1.62 bits per heavy atom. The van der Waals surface area contributed by atoms with Crippen LogP contribution in [0.4, 0.5) is 0 Å². The van der Waals surface area contributed by atoms with Crippen molar-refractivity contribution in [3.05, 3.63) is 119 Å². The molecule has 4 rings (SSSR count). The lowest BCUT2D eigenvalue weighted by Crippen LogP contribution is -2.25. The Balaban J connectivity index is 1.41. The van der Waals surface area contributed by atoms with E-state index in [0.29, 0.717) is 24.5 Å². The van der Waals surface area contributed by atoms with Gasteiger partial charge in [0.1, 0.15) is 24.0 Å². The van der Waals surface area contributed by atoms with Crippen molar-refractivity contribution in [3.63, 3.8) is 0 Å². The van der Waals surface area contributed by atoms with Crippen molar-refractivity contribution >= 4 is 22.8 Å². The van der Waals surface area contributed by atoms with Gasteiger partial charge in [-0.15, -0.1) is 0 Å². The van der Waals surface area contributed by atoms with Gasteiger partial charge in [0.2, 0.25) is 0 Å². The van der Waals surface area contributed by atoms with Crippen molar-refractivity contribution in [2.24, 2.45) is 0 Å². The zero-order valence-electron chi connectivity index (χ0n) is 18.9. The van der Waals surface area contributed by atoms with Gasteiger partial charge >= 0.3 is 0 Å². The second-order valence-electron chi connectivity index (χ2n) is 7.98. The first-order chi connectivity index (χ1) is 16.7. The first kappa shape index (κ1) is 22.8. The van der Waals surface area contributed by atoms with Crippen molar-refractivity contribution in [1.82, 2.24) is 5.32 Å². The maximum atomic E-state index is 12.6. The number of benzene rings is 4. The lowest BCUT2D eigenvalue weighted by Gasteiger charge is -2.12. The van der Waals surface area contributed by atoms with Gasteiger partial charge in [-0.2, -0.15) is 5.26 Å². The van der Waals surface area contributed by atoms with Crippen LogP contribution in [0.1, 0.15) is 23.1 Å². The van der Waals surface area contributed by atoms with Gasteiger partial charge in [0.05, 0.1) is 0 Å². The molecule has 4 aromatic rings. The number of hydrogen-bond acceptors (Lipinski definition) is 3. The Hall–Kier alpha value is -4.36. The molecule has 0 aliphatic rings. The summed E-state index contributed by atoms with van der Waals surface area (Å²) in [6.45, 7) is 0.895. The topological polar surface area (TPSA) is 62.1 Å². The van der Waals surface area contributed by atoms with E-state index >= 15 is 0 Å². The quantitative estimate of drug-likeness (QED) is 0.193. The third-order valence-electron chi connectivity index (χ3n) is 5.62. The summed E-state index contributed by atoms with van der Waals surface area (Å²) in [6, 6.07) is 33.9. The van der Waals surface area contributed by atoms with Crippen LogP contribution in [0.5, 0.6) is 5.75 Å². The molecule has 0 aromatic heterocycles. The predicted octanol–water partition coefficient (Wildman–Crippen LogP) is 6.07. The second-order valence-corrected chi connectivity index (χ2v) is 7.98. The summed E-state index contributed by atoms with van der Waals surface area (Å²) in [7, 11) is 0. The van der Waals surface area contributed by atoms with Crippen LogP contribution in [0.25, 0.3) is 16.8 Å². The molecular weight excluding hydrogens is 420 g/mol. The van der Waals surface area contributed by atoms with Gasteiger partial charge in [-0.05, 0) is 46.9 Å². The van der Waals surface area contributed by atoms with Crippen LogP contribution < -0.4 is 10.1 Å². The fraction of sp³-hybridized carbons (Fsp3) is 0.133. The molecular formula is C30H26N2O2. The van der Waals surface area contributed by atoms with Gasteiger partial charge in [0, 0.05) is 12.1 Å². The normalized spacial score (nSPS) is 11.1. The van der Waals surface area contributed by atoms with Crippen molar-refractivity contribution < 1.29 is 9.53 Å². The van der Waals surface area contributed by atoms with E-state index in [1.807, 2.05) is 72.8 Å². The van der Waals surface area contributed by atoms with E-state index in [1.54, 1.807) is 6.08 Å². The third-order valence-corrected chi connectivity index (χ3v) is 5.62. The fourth-order valence-corrected chi connectivity index (χ4v) is 3.84. The molecule has 0 fully saturated rings. The molecule has 0 atom stereocenters. The lowest BCUT2D eigenvalue weighted by molar-refractivity contribution is -0.117. The first-order valence-electron chi connectivity index (χ1n) is 11.4. The number of nitrogens with one attached hydrogen (secondary N) is 1. The molecule has 0 saturated heterocycles. The Bertz CT molecular complexity index is 1330. The van der Waals surface area contributed by atoms with Crippen LogP contribution in [0.2, 0.25) is 0 Å². The maximum Gasteiger partial charge on any atom is 0.261 e. The Morgan fingerprint density at radius 1 is 0.882 bits per heavy atom. The standard InChI is InChI=1S/C30H26N2O2/c31-21-27(30(33)32-19-9-12-23-10-2-1-3-11-23)20-25-14-5-7-18-29(25)34-22-26-16-8-15-24-13-4-6-17-28(24)26/h1-8,10-11,13-18,20H,9,12,19,22H2,(H,32,33)/b27-20-. The monoisotopic (exact) mass is 446 g/mol. The summed E-state index contributed by atoms with van der Waals surface area (Å²) in [5.74, 6) is 0.250. The van der Waals surface area contributed by atoms with E-state index in [0.717, 1.165) is 29.2 Å². The molecule has 4 nitrogen and oxygen atoms in total. The highest BCUT2D eigenvalue weighted by Crippen LogP contribution is 2.24. The van der Waals surface area contributed by atoms with Crippen molar-refractivity contribution in [3.8, 4) is 11.8 Å². The van der Waals surface area contributed by atoms with E-state index in [2.05, 4.69) is 35.6 Å². The van der Waals surface area contributed by atoms with Gasteiger partial charge < -0.3 is 10.1 Å². The molecule has 0 saturated carbocycles. The number of amides is 1. The minimum atomic E-state index is -0.376. The number of rotatable bonds is 9. The minimum absolute atomic E-state index is 0.0564. The van der Waals surface area contributed by atoms with E-state index in [4.69, 9.17) is 4.74 Å². The molecule has 0 bridgehead atoms. The highest BCUT2D eigenvalue weighted by atomic mass is 16.5. The Morgan fingerprint density at radius 3 is 2.47 bits per heavy atom. The SMILES string of the molecule is N#C/C(=C/c1ccccc1OCc1cccc2ccccc12)C(=O)NCCCc1ccccc1. The number of para-hydroxylation sites is 1. The van der Waals surface area contributed by atoms with Crippen LogP contribution in [0.3, 0.4) is 0 Å². The first-order valence-corrected chi connectivity index (χ1v) is 11.4. The zero-order chi connectivity index (χ0) is 23.6. The van der Waals surface area contributed by atoms with Gasteiger partial charge in [-0.3, -0.25) is 4.79 Å². The minimum Gasteiger partial charge on any atom is -0.488 e. The predicted molar refractivity (Wildman–Crippen MR) is 136 cm³/mol. The molecule has 0 aliphatic heterocycles. The van der Waals surface area contributed by atoms with Gasteiger partial charge in [0.15, 0.2) is 0 Å². The molecule has 0 aliphatic carbocycles. The zero-order valence-corrected chi connectivity index (χ0v) is 18.9. The molecule has 4 heteroatoms. The molecule has 0 spiro atoms. The smallest absolute Gasteiger partial charge is 0.261 e. The molecule has 0 unspecified atom stereocenters. The lowest BCUT2D eigenvalue weighted by atomic mass is 10.1. The van der Waals surface area contributed by atoms with Crippen LogP contribution in [0.15, 0.2) is 103 Å². The van der Waals surface area contributed by atoms with Crippen LogP contribution in [0, 0.1) is 11.3 Å². The van der Waals surface area contributed by atoms with E-state index in [9.17, 15) is 10.1 Å². The third kappa shape index (κ3) is 5.90. The molecule has 34 heavy (non-hydrogen) atoms. The highest BCUT2D eigenvalue weighted by molar-refractivity contribution is 6.02. The molecule has 168 valence electrons. The number of aryl methyl sites for hydroxylation is 1. The number of carbonyl (C=O) groups excluding carboxylic acids is 1. The number of nitrogens with zero attached hydrogens (tertiary/aromatic N) is 1. The summed E-state index contributed by atoms with van der Waals surface area (Å²) in [5, 5.41) is 14.7. The van der Waals surface area contributed by atoms with Crippen molar-refractivity contribution in [2.75, 3.05) is 6.54 Å². The number of nitriles is 1. The van der Waals surface area contributed by atoms with Crippen molar-refractivity contribution in [2.45, 2.75) is 19.4 Å². The number of fused-ring (bicyclic) bond motifs is 1. The number of hydrogen-bond donors (Lipinski definition) is 1. The molecule has 1 N–H and O–H groups in total. The summed E-state index contributed by atoms with van der Waals surface area (Å²) < 4.78 is 6.12. The van der Waals surface area contributed by atoms with Gasteiger partial charge in [-0.1, -0.05) is 91.0 Å². The fourth-order valence-electron chi connectivity index (χ4n) is 3.84. The number of ether oxygens (including phenoxy) is 1. The van der Waals surface area contributed by atoms with E-state index in [-0.39, 0.29) is 11.5 Å². The molecule has 4 aromatic carbocycles. The summed E-state index contributed by atoms with van der Waals surface area (Å²) in [4.78, 5) is 12.6. The summed E-state index contributed by atoms with van der Waals surface area (Å²) in [5.41, 5.74) is 3.05. The number of carbonyl (C=O) groups is 1. The van der Waals surface area contributed by atoms with Crippen LogP contribution in [-0.2, 0) is 17.8 Å². The maximum absolute atomic E-state index is 12.6. The average Bonchev–Trinajstić information content (AvgIpc) is 2.89. The molecule has 0 heterocycles. The summed E-state index contributed by atoms with van der Waals surface area (Å²) in [6.07, 6.45) is 3.27. The average molecular weight is 447 g/mol.